The maximum absolute atomic E-state index is 11.4. The molecule has 0 saturated carbocycles. The SMILES string of the molecule is CC1(O)C=C(CCCOc2ccccc2)C=CC1=O. The zero-order valence-corrected chi connectivity index (χ0v) is 11.0. The van der Waals surface area contributed by atoms with Crippen molar-refractivity contribution in [3.63, 3.8) is 0 Å². The first kappa shape index (κ1) is 13.6. The molecule has 1 unspecified atom stereocenters. The molecule has 0 radical (unpaired) electrons. The standard InChI is InChI=1S/C16H18O3/c1-16(18)12-13(9-10-15(16)17)6-5-11-19-14-7-3-2-4-8-14/h2-4,7-10,12,18H,5-6,11H2,1H3. The second-order valence-corrected chi connectivity index (χ2v) is 4.83. The van der Waals surface area contributed by atoms with Gasteiger partial charge in [0.25, 0.3) is 0 Å². The molecule has 1 aromatic rings. The monoisotopic (exact) mass is 258 g/mol. The van der Waals surface area contributed by atoms with Crippen molar-refractivity contribution >= 4 is 5.78 Å². The number of allylic oxidation sites excluding steroid dienone is 2. The van der Waals surface area contributed by atoms with E-state index in [2.05, 4.69) is 0 Å². The maximum atomic E-state index is 11.4. The van der Waals surface area contributed by atoms with Gasteiger partial charge >= 0.3 is 0 Å². The first-order chi connectivity index (χ1) is 9.08. The van der Waals surface area contributed by atoms with Gasteiger partial charge in [0.2, 0.25) is 0 Å². The molecule has 0 aromatic heterocycles. The molecule has 1 N–H and O–H groups in total. The van der Waals surface area contributed by atoms with Gasteiger partial charge in [0.1, 0.15) is 11.4 Å². The third-order valence-corrected chi connectivity index (χ3v) is 3.04. The minimum absolute atomic E-state index is 0.267. The number of aliphatic hydroxyl groups is 1. The molecule has 0 saturated heterocycles. The Bertz CT molecular complexity index is 498. The lowest BCUT2D eigenvalue weighted by Gasteiger charge is -2.20. The lowest BCUT2D eigenvalue weighted by Crippen LogP contribution is -2.33. The van der Waals surface area contributed by atoms with Crippen LogP contribution in [0.3, 0.4) is 0 Å². The molecule has 0 heterocycles. The largest absolute Gasteiger partial charge is 0.494 e. The van der Waals surface area contributed by atoms with Gasteiger partial charge in [-0.15, -0.1) is 0 Å². The van der Waals surface area contributed by atoms with Gasteiger partial charge in [-0.05, 0) is 49.6 Å². The Kier molecular flexibility index (Phi) is 4.17. The molecule has 2 rings (SSSR count). The molecule has 0 amide bonds. The van der Waals surface area contributed by atoms with Crippen LogP contribution in [0.5, 0.6) is 5.75 Å². The summed E-state index contributed by atoms with van der Waals surface area (Å²) in [5, 5.41) is 9.84. The van der Waals surface area contributed by atoms with Gasteiger partial charge in [-0.1, -0.05) is 24.3 Å². The van der Waals surface area contributed by atoms with E-state index in [1.807, 2.05) is 30.3 Å². The lowest BCUT2D eigenvalue weighted by molar-refractivity contribution is -0.126. The summed E-state index contributed by atoms with van der Waals surface area (Å²) in [6, 6.07) is 9.66. The summed E-state index contributed by atoms with van der Waals surface area (Å²) in [5.74, 6) is 0.592. The predicted octanol–water partition coefficient (Wildman–Crippen LogP) is 2.66. The fourth-order valence-corrected chi connectivity index (χ4v) is 1.97. The number of ether oxygens (including phenoxy) is 1. The molecule has 1 atom stereocenters. The lowest BCUT2D eigenvalue weighted by atomic mass is 9.90. The highest BCUT2D eigenvalue weighted by atomic mass is 16.5. The highest BCUT2D eigenvalue weighted by molar-refractivity contribution is 5.99. The van der Waals surface area contributed by atoms with Gasteiger partial charge in [-0.3, -0.25) is 4.79 Å². The number of benzene rings is 1. The van der Waals surface area contributed by atoms with Crippen molar-refractivity contribution in [1.29, 1.82) is 0 Å². The summed E-state index contributed by atoms with van der Waals surface area (Å²) in [4.78, 5) is 11.4. The summed E-state index contributed by atoms with van der Waals surface area (Å²) in [6.45, 7) is 2.13. The van der Waals surface area contributed by atoms with Gasteiger partial charge in [0.05, 0.1) is 6.61 Å². The van der Waals surface area contributed by atoms with Crippen molar-refractivity contribution < 1.29 is 14.6 Å². The first-order valence-electron chi connectivity index (χ1n) is 6.42. The third kappa shape index (κ3) is 3.80. The summed E-state index contributed by atoms with van der Waals surface area (Å²) in [6.07, 6.45) is 6.45. The quantitative estimate of drug-likeness (QED) is 0.826. The van der Waals surface area contributed by atoms with E-state index >= 15 is 0 Å². The van der Waals surface area contributed by atoms with Crippen molar-refractivity contribution in [2.75, 3.05) is 6.61 Å². The van der Waals surface area contributed by atoms with E-state index in [1.165, 1.54) is 13.0 Å². The number of rotatable bonds is 5. The Morgan fingerprint density at radius 3 is 2.63 bits per heavy atom. The Labute approximate surface area is 113 Å². The molecule has 0 aliphatic heterocycles. The van der Waals surface area contributed by atoms with E-state index in [4.69, 9.17) is 4.74 Å². The minimum Gasteiger partial charge on any atom is -0.494 e. The van der Waals surface area contributed by atoms with Crippen LogP contribution < -0.4 is 4.74 Å². The average Bonchev–Trinajstić information content (AvgIpc) is 2.40. The second kappa shape index (κ2) is 5.85. The third-order valence-electron chi connectivity index (χ3n) is 3.04. The van der Waals surface area contributed by atoms with Crippen LogP contribution in [0, 0.1) is 0 Å². The molecule has 1 aromatic carbocycles. The molecule has 1 aliphatic carbocycles. The summed E-state index contributed by atoms with van der Waals surface area (Å²) < 4.78 is 5.59. The van der Waals surface area contributed by atoms with Crippen molar-refractivity contribution in [2.45, 2.75) is 25.4 Å². The molecule has 1 aliphatic rings. The Morgan fingerprint density at radius 1 is 1.21 bits per heavy atom. The Hall–Kier alpha value is -1.87. The van der Waals surface area contributed by atoms with Crippen molar-refractivity contribution in [1.82, 2.24) is 0 Å². The summed E-state index contributed by atoms with van der Waals surface area (Å²) in [7, 11) is 0. The van der Waals surface area contributed by atoms with E-state index < -0.39 is 5.60 Å². The molecule has 3 nitrogen and oxygen atoms in total. The predicted molar refractivity (Wildman–Crippen MR) is 74.0 cm³/mol. The smallest absolute Gasteiger partial charge is 0.190 e. The second-order valence-electron chi connectivity index (χ2n) is 4.83. The van der Waals surface area contributed by atoms with E-state index in [0.717, 1.165) is 24.2 Å². The number of hydrogen-bond acceptors (Lipinski definition) is 3. The molecule has 0 spiro atoms. The first-order valence-corrected chi connectivity index (χ1v) is 6.42. The maximum Gasteiger partial charge on any atom is 0.190 e. The molecule has 3 heteroatoms. The fraction of sp³-hybridized carbons (Fsp3) is 0.312. The van der Waals surface area contributed by atoms with E-state index in [9.17, 15) is 9.90 Å². The highest BCUT2D eigenvalue weighted by Crippen LogP contribution is 2.21. The minimum atomic E-state index is -1.36. The van der Waals surface area contributed by atoms with Crippen LogP contribution in [0.2, 0.25) is 0 Å². The molecule has 0 fully saturated rings. The molecule has 0 bridgehead atoms. The zero-order valence-electron chi connectivity index (χ0n) is 11.0. The average molecular weight is 258 g/mol. The van der Waals surface area contributed by atoms with Crippen LogP contribution in [-0.4, -0.2) is 23.1 Å². The van der Waals surface area contributed by atoms with Crippen molar-refractivity contribution in [3.05, 3.63) is 54.1 Å². The van der Waals surface area contributed by atoms with E-state index in [-0.39, 0.29) is 5.78 Å². The van der Waals surface area contributed by atoms with Crippen LogP contribution in [0.4, 0.5) is 0 Å². The van der Waals surface area contributed by atoms with Gasteiger partial charge in [-0.2, -0.15) is 0 Å². The van der Waals surface area contributed by atoms with Gasteiger partial charge in [0, 0.05) is 0 Å². The summed E-state index contributed by atoms with van der Waals surface area (Å²) >= 11 is 0. The van der Waals surface area contributed by atoms with E-state index in [0.29, 0.717) is 6.61 Å². The van der Waals surface area contributed by atoms with Crippen molar-refractivity contribution in [3.8, 4) is 5.75 Å². The molecule has 100 valence electrons. The zero-order chi connectivity index (χ0) is 13.7. The fourth-order valence-electron chi connectivity index (χ4n) is 1.97. The topological polar surface area (TPSA) is 46.5 Å². The summed E-state index contributed by atoms with van der Waals surface area (Å²) in [5.41, 5.74) is -0.383. The number of para-hydroxylation sites is 1. The van der Waals surface area contributed by atoms with Crippen molar-refractivity contribution in [2.24, 2.45) is 0 Å². The Morgan fingerprint density at radius 2 is 1.95 bits per heavy atom. The number of hydrogen-bond donors (Lipinski definition) is 1. The number of carbonyl (C=O) groups excluding carboxylic acids is 1. The Balaban J connectivity index is 1.78. The van der Waals surface area contributed by atoms with Crippen LogP contribution in [-0.2, 0) is 4.79 Å². The van der Waals surface area contributed by atoms with Gasteiger partial charge in [0.15, 0.2) is 5.78 Å². The van der Waals surface area contributed by atoms with Gasteiger partial charge in [-0.25, -0.2) is 0 Å². The molecule has 19 heavy (non-hydrogen) atoms. The van der Waals surface area contributed by atoms with Crippen LogP contribution in [0.15, 0.2) is 54.1 Å². The normalized spacial score (nSPS) is 22.2. The number of ketones is 1. The van der Waals surface area contributed by atoms with Crippen LogP contribution in [0.1, 0.15) is 19.8 Å². The van der Waals surface area contributed by atoms with E-state index in [1.54, 1.807) is 12.2 Å². The molecular weight excluding hydrogens is 240 g/mol. The highest BCUT2D eigenvalue weighted by Gasteiger charge is 2.27. The molecular formula is C16H18O3. The van der Waals surface area contributed by atoms with Crippen LogP contribution >= 0.6 is 0 Å². The number of carbonyl (C=O) groups is 1. The van der Waals surface area contributed by atoms with Crippen LogP contribution in [0.25, 0.3) is 0 Å². The van der Waals surface area contributed by atoms with Gasteiger partial charge < -0.3 is 9.84 Å².